The zero-order valence-corrected chi connectivity index (χ0v) is 14.4. The summed E-state index contributed by atoms with van der Waals surface area (Å²) in [6, 6.07) is 6.21. The van der Waals surface area contributed by atoms with E-state index < -0.39 is 0 Å². The molecule has 2 aliphatic heterocycles. The van der Waals surface area contributed by atoms with Gasteiger partial charge in [-0.2, -0.15) is 0 Å². The normalized spacial score (nSPS) is 20.0. The van der Waals surface area contributed by atoms with Crippen molar-refractivity contribution < 1.29 is 4.79 Å². The van der Waals surface area contributed by atoms with Gasteiger partial charge < -0.3 is 15.5 Å². The number of nitrogens with zero attached hydrogens (tertiary/aromatic N) is 2. The lowest BCUT2D eigenvalue weighted by molar-refractivity contribution is 0.177. The summed E-state index contributed by atoms with van der Waals surface area (Å²) in [4.78, 5) is 18.9. The van der Waals surface area contributed by atoms with E-state index in [1.807, 2.05) is 22.5 Å². The summed E-state index contributed by atoms with van der Waals surface area (Å²) in [5, 5.41) is 9.59. The maximum atomic E-state index is 12.6. The van der Waals surface area contributed by atoms with Crippen molar-refractivity contribution >= 4 is 23.1 Å². The van der Waals surface area contributed by atoms with Gasteiger partial charge in [0.15, 0.2) is 0 Å². The van der Waals surface area contributed by atoms with Gasteiger partial charge in [0, 0.05) is 49.9 Å². The largest absolute Gasteiger partial charge is 0.324 e. The van der Waals surface area contributed by atoms with Crippen LogP contribution in [-0.2, 0) is 19.5 Å². The third-order valence-corrected chi connectivity index (χ3v) is 5.64. The molecule has 5 nitrogen and oxygen atoms in total. The van der Waals surface area contributed by atoms with Gasteiger partial charge in [-0.15, -0.1) is 11.3 Å². The first-order valence-corrected chi connectivity index (χ1v) is 9.43. The Bertz CT molecular complexity index is 716. The highest BCUT2D eigenvalue weighted by molar-refractivity contribution is 7.09. The molecule has 1 aromatic carbocycles. The predicted molar refractivity (Wildman–Crippen MR) is 96.1 cm³/mol. The smallest absolute Gasteiger partial charge is 0.321 e. The third kappa shape index (κ3) is 3.44. The summed E-state index contributed by atoms with van der Waals surface area (Å²) < 4.78 is 0. The highest BCUT2D eigenvalue weighted by atomic mass is 32.1. The second kappa shape index (κ2) is 6.91. The van der Waals surface area contributed by atoms with E-state index >= 15 is 0 Å². The van der Waals surface area contributed by atoms with Crippen molar-refractivity contribution in [3.8, 4) is 0 Å². The van der Waals surface area contributed by atoms with Gasteiger partial charge in [0.1, 0.15) is 0 Å². The minimum absolute atomic E-state index is 0.0183. The van der Waals surface area contributed by atoms with Crippen LogP contribution >= 0.6 is 11.3 Å². The molecule has 3 heterocycles. The van der Waals surface area contributed by atoms with Crippen molar-refractivity contribution in [3.63, 3.8) is 0 Å². The monoisotopic (exact) mass is 342 g/mol. The molecule has 0 saturated carbocycles. The molecular weight excluding hydrogens is 320 g/mol. The molecule has 1 aromatic heterocycles. The van der Waals surface area contributed by atoms with Crippen LogP contribution in [0.1, 0.15) is 29.0 Å². The molecule has 1 atom stereocenters. The number of thiazole rings is 1. The van der Waals surface area contributed by atoms with Crippen LogP contribution in [0, 0.1) is 5.92 Å². The molecule has 2 N–H and O–H groups in total. The van der Waals surface area contributed by atoms with E-state index in [4.69, 9.17) is 0 Å². The predicted octanol–water partition coefficient (Wildman–Crippen LogP) is 3.23. The number of hydrogen-bond acceptors (Lipinski definition) is 4. The molecule has 0 spiro atoms. The molecule has 1 fully saturated rings. The van der Waals surface area contributed by atoms with Crippen LogP contribution in [0.4, 0.5) is 10.5 Å². The quantitative estimate of drug-likeness (QED) is 0.900. The number of aromatic nitrogens is 1. The first-order chi connectivity index (χ1) is 11.8. The van der Waals surface area contributed by atoms with Crippen LogP contribution in [0.2, 0.25) is 0 Å². The molecule has 0 aliphatic carbocycles. The zero-order valence-electron chi connectivity index (χ0n) is 13.6. The molecule has 2 amide bonds. The molecular formula is C18H22N4OS. The van der Waals surface area contributed by atoms with Crippen molar-refractivity contribution in [2.45, 2.75) is 32.4 Å². The highest BCUT2D eigenvalue weighted by Gasteiger charge is 2.24. The number of carbonyl (C=O) groups excluding carboxylic acids is 1. The summed E-state index contributed by atoms with van der Waals surface area (Å²) >= 11 is 1.70. The molecule has 4 rings (SSSR count). The van der Waals surface area contributed by atoms with Crippen LogP contribution in [0.15, 0.2) is 29.8 Å². The van der Waals surface area contributed by atoms with Crippen molar-refractivity contribution in [1.29, 1.82) is 0 Å². The number of fused-ring (bicyclic) bond motifs is 1. The molecule has 0 unspecified atom stereocenters. The number of urea groups is 1. The first kappa shape index (κ1) is 15.6. The van der Waals surface area contributed by atoms with Gasteiger partial charge in [-0.05, 0) is 42.0 Å². The molecule has 0 bridgehead atoms. The SMILES string of the molecule is O=C(Nc1ccc2c(c1)CNC2)N1CCC[C@H](Cc2nccs2)C1. The minimum Gasteiger partial charge on any atom is -0.324 e. The fraction of sp³-hybridized carbons (Fsp3) is 0.444. The lowest BCUT2D eigenvalue weighted by Crippen LogP contribution is -2.42. The summed E-state index contributed by atoms with van der Waals surface area (Å²) in [5.74, 6) is 0.514. The maximum absolute atomic E-state index is 12.6. The Balaban J connectivity index is 1.37. The van der Waals surface area contributed by atoms with Gasteiger partial charge in [-0.3, -0.25) is 0 Å². The Labute approximate surface area is 146 Å². The number of hydrogen-bond donors (Lipinski definition) is 2. The molecule has 6 heteroatoms. The lowest BCUT2D eigenvalue weighted by atomic mass is 9.95. The Morgan fingerprint density at radius 2 is 2.29 bits per heavy atom. The van der Waals surface area contributed by atoms with Crippen LogP contribution in [0.25, 0.3) is 0 Å². The van der Waals surface area contributed by atoms with Gasteiger partial charge in [-0.25, -0.2) is 9.78 Å². The van der Waals surface area contributed by atoms with Gasteiger partial charge in [-0.1, -0.05) is 6.07 Å². The second-order valence-electron chi connectivity index (χ2n) is 6.60. The van der Waals surface area contributed by atoms with Gasteiger partial charge >= 0.3 is 6.03 Å². The topological polar surface area (TPSA) is 57.3 Å². The molecule has 24 heavy (non-hydrogen) atoms. The number of carbonyl (C=O) groups is 1. The van der Waals surface area contributed by atoms with Crippen molar-refractivity contribution in [1.82, 2.24) is 15.2 Å². The van der Waals surface area contributed by atoms with Crippen LogP contribution in [0.5, 0.6) is 0 Å². The number of amides is 2. The van der Waals surface area contributed by atoms with E-state index in [0.29, 0.717) is 5.92 Å². The summed E-state index contributed by atoms with van der Waals surface area (Å²) in [6.07, 6.45) is 5.08. The number of likely N-dealkylation sites (tertiary alicyclic amines) is 1. The number of piperidine rings is 1. The molecule has 126 valence electrons. The molecule has 1 saturated heterocycles. The molecule has 2 aliphatic rings. The first-order valence-electron chi connectivity index (χ1n) is 8.55. The summed E-state index contributed by atoms with van der Waals surface area (Å²) in [6.45, 7) is 3.47. The van der Waals surface area contributed by atoms with Crippen LogP contribution in [0.3, 0.4) is 0 Å². The Morgan fingerprint density at radius 1 is 1.38 bits per heavy atom. The summed E-state index contributed by atoms with van der Waals surface area (Å²) in [5.41, 5.74) is 3.51. The van der Waals surface area contributed by atoms with E-state index in [9.17, 15) is 4.79 Å². The van der Waals surface area contributed by atoms with Crippen LogP contribution in [-0.4, -0.2) is 29.0 Å². The molecule has 2 aromatic rings. The van der Waals surface area contributed by atoms with E-state index in [-0.39, 0.29) is 6.03 Å². The number of nitrogens with one attached hydrogen (secondary N) is 2. The fourth-order valence-electron chi connectivity index (χ4n) is 3.59. The van der Waals surface area contributed by atoms with Gasteiger partial charge in [0.25, 0.3) is 0 Å². The fourth-order valence-corrected chi connectivity index (χ4v) is 4.32. The van der Waals surface area contributed by atoms with E-state index in [1.54, 1.807) is 11.3 Å². The average molecular weight is 342 g/mol. The third-order valence-electron chi connectivity index (χ3n) is 4.84. The van der Waals surface area contributed by atoms with Crippen molar-refractivity contribution in [2.75, 3.05) is 18.4 Å². The molecule has 0 radical (unpaired) electrons. The number of anilines is 1. The van der Waals surface area contributed by atoms with E-state index in [2.05, 4.69) is 27.8 Å². The Hall–Kier alpha value is -1.92. The van der Waals surface area contributed by atoms with Crippen LogP contribution < -0.4 is 10.6 Å². The van der Waals surface area contributed by atoms with E-state index in [1.165, 1.54) is 22.6 Å². The number of benzene rings is 1. The lowest BCUT2D eigenvalue weighted by Gasteiger charge is -2.32. The minimum atomic E-state index is 0.0183. The Kier molecular flexibility index (Phi) is 4.49. The Morgan fingerprint density at radius 3 is 3.17 bits per heavy atom. The average Bonchev–Trinajstić information content (AvgIpc) is 3.26. The van der Waals surface area contributed by atoms with Gasteiger partial charge in [0.05, 0.1) is 5.01 Å². The second-order valence-corrected chi connectivity index (χ2v) is 7.58. The number of rotatable bonds is 3. The van der Waals surface area contributed by atoms with Gasteiger partial charge in [0.2, 0.25) is 0 Å². The maximum Gasteiger partial charge on any atom is 0.321 e. The zero-order chi connectivity index (χ0) is 16.4. The van der Waals surface area contributed by atoms with E-state index in [0.717, 1.165) is 44.7 Å². The standard InChI is InChI=1S/C18H22N4OS/c23-18(21-16-4-3-14-10-19-11-15(14)9-16)22-6-1-2-13(12-22)8-17-20-5-7-24-17/h3-5,7,9,13,19H,1-2,6,8,10-12H2,(H,21,23)/t13-/m1/s1. The highest BCUT2D eigenvalue weighted by Crippen LogP contribution is 2.24. The summed E-state index contributed by atoms with van der Waals surface area (Å²) in [7, 11) is 0. The van der Waals surface area contributed by atoms with Crippen molar-refractivity contribution in [2.24, 2.45) is 5.92 Å². The van der Waals surface area contributed by atoms with Crippen molar-refractivity contribution in [3.05, 3.63) is 45.9 Å².